The van der Waals surface area contributed by atoms with Gasteiger partial charge in [-0.1, -0.05) is 18.2 Å². The molecule has 2 heterocycles. The minimum atomic E-state index is -0.512. The van der Waals surface area contributed by atoms with Gasteiger partial charge in [-0.15, -0.1) is 0 Å². The molecule has 3 N–H and O–H groups in total. The van der Waals surface area contributed by atoms with Crippen molar-refractivity contribution in [3.63, 3.8) is 0 Å². The third-order valence-corrected chi connectivity index (χ3v) is 4.89. The van der Waals surface area contributed by atoms with Crippen molar-refractivity contribution >= 4 is 23.4 Å². The molecule has 1 saturated carbocycles. The third-order valence-electron chi connectivity index (χ3n) is 4.89. The Hall–Kier alpha value is -3.55. The van der Waals surface area contributed by atoms with Crippen LogP contribution < -0.4 is 16.0 Å². The SMILES string of the molecule is O=C(NCCNc1cc(Nc2ccccn2)ncn1)C1(c2ccc(F)cc2)CC1. The van der Waals surface area contributed by atoms with Crippen LogP contribution in [0.4, 0.5) is 21.8 Å². The molecule has 0 saturated heterocycles. The van der Waals surface area contributed by atoms with E-state index in [2.05, 4.69) is 30.9 Å². The van der Waals surface area contributed by atoms with E-state index in [0.29, 0.717) is 30.5 Å². The third kappa shape index (κ3) is 4.48. The normalized spacial score (nSPS) is 14.1. The molecule has 1 aliphatic carbocycles. The minimum absolute atomic E-state index is 0.0221. The Morgan fingerprint density at radius 1 is 0.966 bits per heavy atom. The summed E-state index contributed by atoms with van der Waals surface area (Å²) in [7, 11) is 0. The van der Waals surface area contributed by atoms with E-state index in [1.807, 2.05) is 18.2 Å². The molecule has 0 spiro atoms. The summed E-state index contributed by atoms with van der Waals surface area (Å²) in [6, 6.07) is 13.5. The summed E-state index contributed by atoms with van der Waals surface area (Å²) in [4.78, 5) is 25.2. The number of aromatic nitrogens is 3. The number of carbonyl (C=O) groups is 1. The monoisotopic (exact) mass is 392 g/mol. The highest BCUT2D eigenvalue weighted by Crippen LogP contribution is 2.48. The number of carbonyl (C=O) groups excluding carboxylic acids is 1. The Morgan fingerprint density at radius 3 is 2.48 bits per heavy atom. The number of rotatable bonds is 8. The second-order valence-electron chi connectivity index (χ2n) is 6.90. The van der Waals surface area contributed by atoms with Crippen LogP contribution in [0.5, 0.6) is 0 Å². The van der Waals surface area contributed by atoms with Crippen LogP contribution in [0.15, 0.2) is 61.1 Å². The van der Waals surface area contributed by atoms with Crippen molar-refractivity contribution in [2.75, 3.05) is 23.7 Å². The van der Waals surface area contributed by atoms with Crippen LogP contribution in [0.25, 0.3) is 0 Å². The van der Waals surface area contributed by atoms with Crippen molar-refractivity contribution in [1.82, 2.24) is 20.3 Å². The smallest absolute Gasteiger partial charge is 0.230 e. The van der Waals surface area contributed by atoms with E-state index in [1.54, 1.807) is 24.4 Å². The Bertz CT molecular complexity index is 976. The van der Waals surface area contributed by atoms with Gasteiger partial charge in [0.25, 0.3) is 0 Å². The average Bonchev–Trinajstić information content (AvgIpc) is 3.55. The van der Waals surface area contributed by atoms with Gasteiger partial charge >= 0.3 is 0 Å². The molecule has 7 nitrogen and oxygen atoms in total. The molecule has 148 valence electrons. The summed E-state index contributed by atoms with van der Waals surface area (Å²) in [5.41, 5.74) is 0.355. The largest absolute Gasteiger partial charge is 0.368 e. The number of anilines is 3. The van der Waals surface area contributed by atoms with Gasteiger partial charge in [0.1, 0.15) is 29.6 Å². The van der Waals surface area contributed by atoms with Crippen LogP contribution in [-0.2, 0) is 10.2 Å². The first-order chi connectivity index (χ1) is 14.2. The summed E-state index contributed by atoms with van der Waals surface area (Å²) in [6.45, 7) is 0.972. The van der Waals surface area contributed by atoms with E-state index < -0.39 is 5.41 Å². The fourth-order valence-corrected chi connectivity index (χ4v) is 3.17. The maximum absolute atomic E-state index is 13.1. The van der Waals surface area contributed by atoms with Crippen LogP contribution >= 0.6 is 0 Å². The number of halogens is 1. The number of hydrogen-bond donors (Lipinski definition) is 3. The summed E-state index contributed by atoms with van der Waals surface area (Å²) in [5, 5.41) is 9.23. The lowest BCUT2D eigenvalue weighted by Crippen LogP contribution is -2.37. The van der Waals surface area contributed by atoms with Gasteiger partial charge in [0.2, 0.25) is 5.91 Å². The van der Waals surface area contributed by atoms with Crippen molar-refractivity contribution in [2.24, 2.45) is 0 Å². The summed E-state index contributed by atoms with van der Waals surface area (Å²) < 4.78 is 13.1. The standard InChI is InChI=1S/C21H21FN6O/c22-16-6-4-15(5-7-16)21(8-9-21)20(29)25-12-11-24-18-13-19(27-14-26-18)28-17-3-1-2-10-23-17/h1-7,10,13-14H,8-9,11-12H2,(H,25,29)(H2,23,24,26,27,28). The Labute approximate surface area is 167 Å². The molecule has 29 heavy (non-hydrogen) atoms. The predicted molar refractivity (Wildman–Crippen MR) is 108 cm³/mol. The Balaban J connectivity index is 1.27. The molecule has 0 bridgehead atoms. The molecule has 1 amide bonds. The first kappa shape index (κ1) is 18.8. The zero-order valence-electron chi connectivity index (χ0n) is 15.7. The lowest BCUT2D eigenvalue weighted by molar-refractivity contribution is -0.123. The first-order valence-electron chi connectivity index (χ1n) is 9.44. The van der Waals surface area contributed by atoms with Gasteiger partial charge in [-0.05, 0) is 42.7 Å². The zero-order chi connectivity index (χ0) is 20.1. The van der Waals surface area contributed by atoms with E-state index in [1.165, 1.54) is 18.5 Å². The lowest BCUT2D eigenvalue weighted by atomic mass is 9.95. The first-order valence-corrected chi connectivity index (χ1v) is 9.44. The Kier molecular flexibility index (Phi) is 5.33. The molecule has 2 aromatic heterocycles. The number of nitrogens with one attached hydrogen (secondary N) is 3. The summed E-state index contributed by atoms with van der Waals surface area (Å²) in [6.07, 6.45) is 4.72. The molecule has 0 aliphatic heterocycles. The zero-order valence-corrected chi connectivity index (χ0v) is 15.7. The quantitative estimate of drug-likeness (QED) is 0.511. The number of hydrogen-bond acceptors (Lipinski definition) is 6. The molecule has 3 aromatic rings. The number of amides is 1. The number of pyridine rings is 1. The molecular weight excluding hydrogens is 371 g/mol. The topological polar surface area (TPSA) is 91.8 Å². The van der Waals surface area contributed by atoms with Crippen molar-refractivity contribution < 1.29 is 9.18 Å². The van der Waals surface area contributed by atoms with Crippen LogP contribution in [0, 0.1) is 5.82 Å². The molecule has 4 rings (SSSR count). The Morgan fingerprint density at radius 2 is 1.76 bits per heavy atom. The lowest BCUT2D eigenvalue weighted by Gasteiger charge is -2.16. The van der Waals surface area contributed by atoms with E-state index in [-0.39, 0.29) is 11.7 Å². The highest BCUT2D eigenvalue weighted by Gasteiger charge is 2.50. The number of benzene rings is 1. The fraction of sp³-hybridized carbons (Fsp3) is 0.238. The number of nitrogens with zero attached hydrogens (tertiary/aromatic N) is 3. The second-order valence-corrected chi connectivity index (χ2v) is 6.90. The summed E-state index contributed by atoms with van der Waals surface area (Å²) >= 11 is 0. The van der Waals surface area contributed by atoms with Crippen LogP contribution in [0.2, 0.25) is 0 Å². The van der Waals surface area contributed by atoms with Crippen LogP contribution in [0.1, 0.15) is 18.4 Å². The average molecular weight is 392 g/mol. The molecule has 0 unspecified atom stereocenters. The molecular formula is C21H21FN6O. The van der Waals surface area contributed by atoms with Gasteiger partial charge in [0, 0.05) is 25.4 Å². The van der Waals surface area contributed by atoms with E-state index in [4.69, 9.17) is 0 Å². The molecule has 1 aromatic carbocycles. The second kappa shape index (κ2) is 8.22. The van der Waals surface area contributed by atoms with Gasteiger partial charge in [0.05, 0.1) is 5.41 Å². The van der Waals surface area contributed by atoms with Gasteiger partial charge < -0.3 is 16.0 Å². The minimum Gasteiger partial charge on any atom is -0.368 e. The molecule has 0 atom stereocenters. The fourth-order valence-electron chi connectivity index (χ4n) is 3.17. The maximum atomic E-state index is 13.1. The van der Waals surface area contributed by atoms with E-state index in [0.717, 1.165) is 18.4 Å². The molecule has 1 aliphatic rings. The van der Waals surface area contributed by atoms with Crippen molar-refractivity contribution in [1.29, 1.82) is 0 Å². The van der Waals surface area contributed by atoms with Gasteiger partial charge in [-0.2, -0.15) is 0 Å². The maximum Gasteiger partial charge on any atom is 0.230 e. The van der Waals surface area contributed by atoms with Crippen molar-refractivity contribution in [3.05, 3.63) is 72.4 Å². The molecule has 1 fully saturated rings. The highest BCUT2D eigenvalue weighted by molar-refractivity contribution is 5.91. The van der Waals surface area contributed by atoms with Crippen LogP contribution in [-0.4, -0.2) is 33.9 Å². The summed E-state index contributed by atoms with van der Waals surface area (Å²) in [5.74, 6) is 1.65. The van der Waals surface area contributed by atoms with E-state index in [9.17, 15) is 9.18 Å². The van der Waals surface area contributed by atoms with Gasteiger partial charge in [-0.3, -0.25) is 4.79 Å². The molecule has 0 radical (unpaired) electrons. The molecule has 8 heteroatoms. The van der Waals surface area contributed by atoms with Crippen molar-refractivity contribution in [2.45, 2.75) is 18.3 Å². The predicted octanol–water partition coefficient (Wildman–Crippen LogP) is 3.01. The van der Waals surface area contributed by atoms with Gasteiger partial charge in [0.15, 0.2) is 0 Å². The van der Waals surface area contributed by atoms with Gasteiger partial charge in [-0.25, -0.2) is 19.3 Å². The van der Waals surface area contributed by atoms with E-state index >= 15 is 0 Å². The van der Waals surface area contributed by atoms with Crippen molar-refractivity contribution in [3.8, 4) is 0 Å². The van der Waals surface area contributed by atoms with Crippen LogP contribution in [0.3, 0.4) is 0 Å². The highest BCUT2D eigenvalue weighted by atomic mass is 19.1.